The molecule has 2 N–H and O–H groups in total. The SMILES string of the molecule is NC1(c2cccc(Cl)c2F)CCCCCC1. The summed E-state index contributed by atoms with van der Waals surface area (Å²) in [7, 11) is 0. The first-order chi connectivity index (χ1) is 7.63. The number of hydrogen-bond donors (Lipinski definition) is 1. The lowest BCUT2D eigenvalue weighted by atomic mass is 9.83. The molecule has 0 aromatic heterocycles. The summed E-state index contributed by atoms with van der Waals surface area (Å²) < 4.78 is 14.0. The van der Waals surface area contributed by atoms with Crippen molar-refractivity contribution in [2.24, 2.45) is 5.73 Å². The predicted molar refractivity (Wildman–Crippen MR) is 65.0 cm³/mol. The molecule has 0 amide bonds. The highest BCUT2D eigenvalue weighted by atomic mass is 35.5. The molecule has 0 saturated heterocycles. The first kappa shape index (κ1) is 11.9. The highest BCUT2D eigenvalue weighted by Crippen LogP contribution is 2.36. The Labute approximate surface area is 101 Å². The largest absolute Gasteiger partial charge is 0.321 e. The van der Waals surface area contributed by atoms with Gasteiger partial charge in [0.05, 0.1) is 5.02 Å². The third-order valence-electron chi connectivity index (χ3n) is 3.48. The second-order valence-corrected chi connectivity index (χ2v) is 5.08. The smallest absolute Gasteiger partial charge is 0.146 e. The van der Waals surface area contributed by atoms with Gasteiger partial charge >= 0.3 is 0 Å². The summed E-state index contributed by atoms with van der Waals surface area (Å²) in [4.78, 5) is 0. The molecule has 1 aliphatic rings. The third-order valence-corrected chi connectivity index (χ3v) is 3.78. The van der Waals surface area contributed by atoms with Gasteiger partial charge in [0.15, 0.2) is 0 Å². The monoisotopic (exact) mass is 241 g/mol. The van der Waals surface area contributed by atoms with E-state index in [1.165, 1.54) is 12.8 Å². The second-order valence-electron chi connectivity index (χ2n) is 4.67. The van der Waals surface area contributed by atoms with Crippen LogP contribution in [-0.4, -0.2) is 0 Å². The predicted octanol–water partition coefficient (Wildman–Crippen LogP) is 3.99. The molecule has 1 aliphatic carbocycles. The van der Waals surface area contributed by atoms with E-state index in [9.17, 15) is 4.39 Å². The molecular weight excluding hydrogens is 225 g/mol. The van der Waals surface area contributed by atoms with Crippen LogP contribution >= 0.6 is 11.6 Å². The maximum Gasteiger partial charge on any atom is 0.146 e. The quantitative estimate of drug-likeness (QED) is 0.740. The molecule has 1 saturated carbocycles. The Morgan fingerprint density at radius 1 is 1.12 bits per heavy atom. The molecule has 3 heteroatoms. The Balaban J connectivity index is 2.37. The summed E-state index contributed by atoms with van der Waals surface area (Å²) in [6, 6.07) is 5.12. The minimum Gasteiger partial charge on any atom is -0.321 e. The van der Waals surface area contributed by atoms with Crippen LogP contribution in [0.4, 0.5) is 4.39 Å². The van der Waals surface area contributed by atoms with Crippen LogP contribution in [-0.2, 0) is 5.54 Å². The van der Waals surface area contributed by atoms with E-state index in [1.54, 1.807) is 18.2 Å². The van der Waals surface area contributed by atoms with E-state index in [0.717, 1.165) is 25.7 Å². The van der Waals surface area contributed by atoms with Crippen molar-refractivity contribution < 1.29 is 4.39 Å². The van der Waals surface area contributed by atoms with Crippen LogP contribution in [0.1, 0.15) is 44.1 Å². The lowest BCUT2D eigenvalue weighted by Crippen LogP contribution is -2.37. The van der Waals surface area contributed by atoms with Gasteiger partial charge in [-0.3, -0.25) is 0 Å². The van der Waals surface area contributed by atoms with Crippen LogP contribution < -0.4 is 5.73 Å². The molecule has 0 aliphatic heterocycles. The van der Waals surface area contributed by atoms with Gasteiger partial charge in [-0.15, -0.1) is 0 Å². The van der Waals surface area contributed by atoms with Crippen molar-refractivity contribution in [3.8, 4) is 0 Å². The Bertz CT molecular complexity index is 370. The van der Waals surface area contributed by atoms with E-state index < -0.39 is 5.54 Å². The van der Waals surface area contributed by atoms with E-state index in [4.69, 9.17) is 17.3 Å². The first-order valence-electron chi connectivity index (χ1n) is 5.87. The summed E-state index contributed by atoms with van der Waals surface area (Å²) in [5, 5.41) is 0.173. The Kier molecular flexibility index (Phi) is 3.50. The van der Waals surface area contributed by atoms with Gasteiger partial charge in [-0.1, -0.05) is 49.4 Å². The van der Waals surface area contributed by atoms with Crippen LogP contribution in [0.5, 0.6) is 0 Å². The maximum absolute atomic E-state index is 14.0. The van der Waals surface area contributed by atoms with Crippen LogP contribution in [0.15, 0.2) is 18.2 Å². The summed E-state index contributed by atoms with van der Waals surface area (Å²) in [5.74, 6) is -0.339. The molecule has 2 rings (SSSR count). The average molecular weight is 242 g/mol. The van der Waals surface area contributed by atoms with E-state index in [2.05, 4.69) is 0 Å². The fraction of sp³-hybridized carbons (Fsp3) is 0.538. The number of hydrogen-bond acceptors (Lipinski definition) is 1. The van der Waals surface area contributed by atoms with Crippen molar-refractivity contribution in [2.75, 3.05) is 0 Å². The summed E-state index contributed by atoms with van der Waals surface area (Å²) in [5.41, 5.74) is 6.41. The lowest BCUT2D eigenvalue weighted by Gasteiger charge is -2.29. The van der Waals surface area contributed by atoms with Crippen molar-refractivity contribution in [3.63, 3.8) is 0 Å². The van der Waals surface area contributed by atoms with Gasteiger partial charge in [-0.05, 0) is 18.9 Å². The van der Waals surface area contributed by atoms with E-state index in [-0.39, 0.29) is 10.8 Å². The van der Waals surface area contributed by atoms with Gasteiger partial charge < -0.3 is 5.73 Å². The molecule has 0 unspecified atom stereocenters. The molecule has 0 radical (unpaired) electrons. The zero-order chi connectivity index (χ0) is 11.6. The summed E-state index contributed by atoms with van der Waals surface area (Å²) >= 11 is 5.81. The van der Waals surface area contributed by atoms with Gasteiger partial charge in [0.25, 0.3) is 0 Å². The molecule has 1 fully saturated rings. The van der Waals surface area contributed by atoms with E-state index >= 15 is 0 Å². The summed E-state index contributed by atoms with van der Waals surface area (Å²) in [6.45, 7) is 0. The maximum atomic E-state index is 14.0. The second kappa shape index (κ2) is 4.72. The van der Waals surface area contributed by atoms with Crippen LogP contribution in [0, 0.1) is 5.82 Å². The van der Waals surface area contributed by atoms with Crippen molar-refractivity contribution in [2.45, 2.75) is 44.1 Å². The summed E-state index contributed by atoms with van der Waals surface area (Å²) in [6.07, 6.45) is 6.24. The number of rotatable bonds is 1. The van der Waals surface area contributed by atoms with Crippen molar-refractivity contribution in [1.82, 2.24) is 0 Å². The van der Waals surface area contributed by atoms with E-state index in [1.807, 2.05) is 0 Å². The van der Waals surface area contributed by atoms with Gasteiger partial charge in [-0.25, -0.2) is 4.39 Å². The minimum absolute atomic E-state index is 0.173. The molecule has 16 heavy (non-hydrogen) atoms. The zero-order valence-corrected chi connectivity index (χ0v) is 10.1. The number of nitrogens with two attached hydrogens (primary N) is 1. The van der Waals surface area contributed by atoms with Crippen molar-refractivity contribution >= 4 is 11.6 Å². The zero-order valence-electron chi connectivity index (χ0n) is 9.31. The van der Waals surface area contributed by atoms with Gasteiger partial charge in [-0.2, -0.15) is 0 Å². The highest BCUT2D eigenvalue weighted by Gasteiger charge is 2.31. The average Bonchev–Trinajstić information content (AvgIpc) is 2.48. The number of halogens is 2. The van der Waals surface area contributed by atoms with Gasteiger partial charge in [0.1, 0.15) is 5.82 Å². The molecule has 0 bridgehead atoms. The molecule has 1 aromatic rings. The number of benzene rings is 1. The molecule has 88 valence electrons. The standard InChI is InChI=1S/C13H17ClFN/c14-11-7-5-6-10(12(11)15)13(16)8-3-1-2-4-9-13/h5-7H,1-4,8-9,16H2. The molecule has 0 heterocycles. The van der Waals surface area contributed by atoms with Gasteiger partial charge in [0, 0.05) is 11.1 Å². The molecule has 1 aromatic carbocycles. The van der Waals surface area contributed by atoms with E-state index in [0.29, 0.717) is 5.56 Å². The van der Waals surface area contributed by atoms with Crippen LogP contribution in [0.3, 0.4) is 0 Å². The molecular formula is C13H17ClFN. The Hall–Kier alpha value is -0.600. The normalized spacial score (nSPS) is 20.4. The fourth-order valence-electron chi connectivity index (χ4n) is 2.52. The molecule has 1 nitrogen and oxygen atoms in total. The first-order valence-corrected chi connectivity index (χ1v) is 6.25. The minimum atomic E-state index is -0.522. The van der Waals surface area contributed by atoms with Crippen molar-refractivity contribution in [1.29, 1.82) is 0 Å². The Morgan fingerprint density at radius 3 is 2.38 bits per heavy atom. The lowest BCUT2D eigenvalue weighted by molar-refractivity contribution is 0.368. The molecule has 0 spiro atoms. The third kappa shape index (κ3) is 2.23. The highest BCUT2D eigenvalue weighted by molar-refractivity contribution is 6.30. The van der Waals surface area contributed by atoms with Gasteiger partial charge in [0.2, 0.25) is 0 Å². The topological polar surface area (TPSA) is 26.0 Å². The fourth-order valence-corrected chi connectivity index (χ4v) is 2.69. The van der Waals surface area contributed by atoms with Crippen LogP contribution in [0.25, 0.3) is 0 Å². The van der Waals surface area contributed by atoms with Crippen molar-refractivity contribution in [3.05, 3.63) is 34.6 Å². The van der Waals surface area contributed by atoms with Crippen LogP contribution in [0.2, 0.25) is 5.02 Å². The molecule has 0 atom stereocenters. The Morgan fingerprint density at radius 2 is 1.75 bits per heavy atom.